The number of piperidine rings is 1. The Hall–Kier alpha value is -3.96. The van der Waals surface area contributed by atoms with E-state index in [0.717, 1.165) is 25.9 Å². The molecule has 3 aromatic rings. The molecule has 11 heteroatoms. The summed E-state index contributed by atoms with van der Waals surface area (Å²) in [5.41, 5.74) is 1.85. The molecule has 0 radical (unpaired) electrons. The summed E-state index contributed by atoms with van der Waals surface area (Å²) in [4.78, 5) is 26.2. The number of nitrogens with one attached hydrogen (secondary N) is 2. The first-order chi connectivity index (χ1) is 17.8. The van der Waals surface area contributed by atoms with E-state index in [1.165, 1.54) is 19.2 Å². The fraction of sp³-hybridized carbons (Fsp3) is 0.308. The number of ether oxygens (including phenoxy) is 1. The molecular weight excluding hydrogens is 496 g/mol. The first kappa shape index (κ1) is 26.1. The van der Waals surface area contributed by atoms with Gasteiger partial charge in [0, 0.05) is 30.9 Å². The Morgan fingerprint density at radius 2 is 1.97 bits per heavy atom. The number of methoxy groups -OCH3 is 1. The van der Waals surface area contributed by atoms with Crippen molar-refractivity contribution in [2.45, 2.75) is 26.4 Å². The smallest absolute Gasteiger partial charge is 0.270 e. The van der Waals surface area contributed by atoms with Crippen LogP contribution in [0.3, 0.4) is 0 Å². The average Bonchev–Trinajstić information content (AvgIpc) is 3.38. The van der Waals surface area contributed by atoms with E-state index in [1.807, 2.05) is 0 Å². The first-order valence-electron chi connectivity index (χ1n) is 11.8. The van der Waals surface area contributed by atoms with Crippen LogP contribution in [-0.2, 0) is 6.61 Å². The number of nitro benzene ring substituents is 1. The van der Waals surface area contributed by atoms with E-state index in [-0.39, 0.29) is 23.0 Å². The summed E-state index contributed by atoms with van der Waals surface area (Å²) < 4.78 is 11.1. The second-order valence-electron chi connectivity index (χ2n) is 8.88. The summed E-state index contributed by atoms with van der Waals surface area (Å²) in [7, 11) is 1.53. The van der Waals surface area contributed by atoms with Gasteiger partial charge in [0.15, 0.2) is 5.11 Å². The number of rotatable bonds is 7. The fourth-order valence-electron chi connectivity index (χ4n) is 4.26. The molecule has 2 aromatic carbocycles. The number of amides is 1. The number of aliphatic hydroxyl groups excluding tert-OH is 1. The summed E-state index contributed by atoms with van der Waals surface area (Å²) in [5.74, 6) is 1.51. The standard InChI is InChI=1S/C26H28N4O6S/c1-16-9-11-29(12-10-16)22-6-4-18(30(33)34)14-20(22)25(32)28-26(37)27-17-3-7-23(35-2)21(13-17)24-8-5-19(15-31)36-24/h3-8,13-14,16,31H,9-12,15H2,1-2H3,(H2,27,28,32,37). The van der Waals surface area contributed by atoms with Crippen LogP contribution < -0.4 is 20.3 Å². The Bertz CT molecular complexity index is 1320. The van der Waals surface area contributed by atoms with Gasteiger partial charge in [-0.2, -0.15) is 0 Å². The topological polar surface area (TPSA) is 130 Å². The third kappa shape index (κ3) is 6.07. The second kappa shape index (κ2) is 11.4. The zero-order chi connectivity index (χ0) is 26.5. The van der Waals surface area contributed by atoms with Crippen LogP contribution in [0.1, 0.15) is 35.9 Å². The Kier molecular flexibility index (Phi) is 8.04. The molecule has 1 amide bonds. The monoisotopic (exact) mass is 524 g/mol. The van der Waals surface area contributed by atoms with Crippen molar-refractivity contribution in [2.75, 3.05) is 30.4 Å². The minimum absolute atomic E-state index is 0.0290. The van der Waals surface area contributed by atoms with Gasteiger partial charge in [0.1, 0.15) is 23.9 Å². The van der Waals surface area contributed by atoms with Crippen LogP contribution in [0.15, 0.2) is 52.9 Å². The van der Waals surface area contributed by atoms with Crippen LogP contribution in [0.5, 0.6) is 5.75 Å². The van der Waals surface area contributed by atoms with Gasteiger partial charge in [0.05, 0.1) is 28.8 Å². The molecule has 0 atom stereocenters. The summed E-state index contributed by atoms with van der Waals surface area (Å²) in [6, 6.07) is 12.9. The largest absolute Gasteiger partial charge is 0.496 e. The molecule has 0 bridgehead atoms. The number of nitro groups is 1. The van der Waals surface area contributed by atoms with Crippen molar-refractivity contribution >= 4 is 40.3 Å². The molecule has 1 aromatic heterocycles. The summed E-state index contributed by atoms with van der Waals surface area (Å²) in [5, 5.41) is 26.3. The molecule has 3 N–H and O–H groups in total. The van der Waals surface area contributed by atoms with Crippen LogP contribution >= 0.6 is 12.2 Å². The van der Waals surface area contributed by atoms with Gasteiger partial charge in [0.25, 0.3) is 11.6 Å². The zero-order valence-electron chi connectivity index (χ0n) is 20.5. The number of hydrogen-bond donors (Lipinski definition) is 3. The maximum Gasteiger partial charge on any atom is 0.270 e. The van der Waals surface area contributed by atoms with E-state index in [2.05, 4.69) is 22.5 Å². The lowest BCUT2D eigenvalue weighted by Gasteiger charge is -2.33. The van der Waals surface area contributed by atoms with Crippen molar-refractivity contribution in [3.8, 4) is 17.1 Å². The first-order valence-corrected chi connectivity index (χ1v) is 12.2. The van der Waals surface area contributed by atoms with Crippen LogP contribution in [-0.4, -0.2) is 41.2 Å². The van der Waals surface area contributed by atoms with Crippen molar-refractivity contribution in [1.82, 2.24) is 5.32 Å². The SMILES string of the molecule is COc1ccc(NC(=S)NC(=O)c2cc([N+](=O)[O-])ccc2N2CCC(C)CC2)cc1-c1ccc(CO)o1. The van der Waals surface area contributed by atoms with Gasteiger partial charge in [-0.15, -0.1) is 0 Å². The molecule has 10 nitrogen and oxygen atoms in total. The Labute approximate surface area is 219 Å². The molecule has 1 aliphatic rings. The molecule has 0 aliphatic carbocycles. The molecule has 1 saturated heterocycles. The Morgan fingerprint density at radius 1 is 1.22 bits per heavy atom. The van der Waals surface area contributed by atoms with Crippen LogP contribution in [0.25, 0.3) is 11.3 Å². The minimum Gasteiger partial charge on any atom is -0.496 e. The number of hydrogen-bond acceptors (Lipinski definition) is 8. The third-order valence-corrected chi connectivity index (χ3v) is 6.53. The van der Waals surface area contributed by atoms with Gasteiger partial charge in [-0.3, -0.25) is 20.2 Å². The molecule has 0 saturated carbocycles. The maximum absolute atomic E-state index is 13.2. The number of carbonyl (C=O) groups is 1. The van der Waals surface area contributed by atoms with Crippen molar-refractivity contribution in [2.24, 2.45) is 5.92 Å². The number of non-ortho nitro benzene ring substituents is 1. The number of anilines is 2. The predicted octanol–water partition coefficient (Wildman–Crippen LogP) is 4.72. The molecule has 1 fully saturated rings. The number of aliphatic hydroxyl groups is 1. The lowest BCUT2D eigenvalue weighted by molar-refractivity contribution is -0.384. The van der Waals surface area contributed by atoms with Crippen molar-refractivity contribution in [3.05, 3.63) is 70.0 Å². The molecule has 1 aliphatic heterocycles. The Morgan fingerprint density at radius 3 is 2.62 bits per heavy atom. The van der Waals surface area contributed by atoms with Gasteiger partial charge in [-0.05, 0) is 67.4 Å². The van der Waals surface area contributed by atoms with E-state index < -0.39 is 10.8 Å². The van der Waals surface area contributed by atoms with E-state index in [1.54, 1.807) is 36.4 Å². The van der Waals surface area contributed by atoms with E-state index in [9.17, 15) is 20.0 Å². The highest BCUT2D eigenvalue weighted by molar-refractivity contribution is 7.80. The summed E-state index contributed by atoms with van der Waals surface area (Å²) in [6.45, 7) is 3.49. The van der Waals surface area contributed by atoms with E-state index in [0.29, 0.717) is 40.1 Å². The molecule has 194 valence electrons. The molecule has 0 unspecified atom stereocenters. The molecular formula is C26H28N4O6S. The summed E-state index contributed by atoms with van der Waals surface area (Å²) >= 11 is 5.38. The van der Waals surface area contributed by atoms with Crippen molar-refractivity contribution in [1.29, 1.82) is 0 Å². The zero-order valence-corrected chi connectivity index (χ0v) is 21.3. The third-order valence-electron chi connectivity index (χ3n) is 6.33. The number of nitrogens with zero attached hydrogens (tertiary/aromatic N) is 2. The quantitative estimate of drug-likeness (QED) is 0.228. The van der Waals surface area contributed by atoms with Crippen molar-refractivity contribution in [3.63, 3.8) is 0 Å². The average molecular weight is 525 g/mol. The lowest BCUT2D eigenvalue weighted by Crippen LogP contribution is -2.37. The fourth-order valence-corrected chi connectivity index (χ4v) is 4.47. The van der Waals surface area contributed by atoms with Crippen molar-refractivity contribution < 1.29 is 24.0 Å². The molecule has 4 rings (SSSR count). The normalized spacial score (nSPS) is 13.8. The Balaban J connectivity index is 1.54. The highest BCUT2D eigenvalue weighted by Gasteiger charge is 2.24. The summed E-state index contributed by atoms with van der Waals surface area (Å²) in [6.07, 6.45) is 1.96. The number of furan rings is 1. The highest BCUT2D eigenvalue weighted by Crippen LogP contribution is 2.34. The second-order valence-corrected chi connectivity index (χ2v) is 9.28. The maximum atomic E-state index is 13.2. The van der Waals surface area contributed by atoms with Gasteiger partial charge >= 0.3 is 0 Å². The highest BCUT2D eigenvalue weighted by atomic mass is 32.1. The molecule has 37 heavy (non-hydrogen) atoms. The van der Waals surface area contributed by atoms with Gasteiger partial charge in [0.2, 0.25) is 0 Å². The van der Waals surface area contributed by atoms with Crippen LogP contribution in [0, 0.1) is 16.0 Å². The van der Waals surface area contributed by atoms with Gasteiger partial charge < -0.3 is 24.5 Å². The van der Waals surface area contributed by atoms with Gasteiger partial charge in [-0.1, -0.05) is 6.92 Å². The van der Waals surface area contributed by atoms with Gasteiger partial charge in [-0.25, -0.2) is 0 Å². The van der Waals surface area contributed by atoms with E-state index >= 15 is 0 Å². The predicted molar refractivity (Wildman–Crippen MR) is 144 cm³/mol. The number of carbonyl (C=O) groups excluding carboxylic acids is 1. The lowest BCUT2D eigenvalue weighted by atomic mass is 9.98. The number of benzene rings is 2. The number of thiocarbonyl (C=S) groups is 1. The van der Waals surface area contributed by atoms with Crippen LogP contribution in [0.2, 0.25) is 0 Å². The van der Waals surface area contributed by atoms with E-state index in [4.69, 9.17) is 21.4 Å². The molecule has 0 spiro atoms. The minimum atomic E-state index is -0.540. The molecule has 2 heterocycles. The van der Waals surface area contributed by atoms with Crippen LogP contribution in [0.4, 0.5) is 17.1 Å².